The van der Waals surface area contributed by atoms with E-state index in [9.17, 15) is 4.79 Å². The fourth-order valence-corrected chi connectivity index (χ4v) is 3.28. The second-order valence-corrected chi connectivity index (χ2v) is 5.92. The van der Waals surface area contributed by atoms with Crippen molar-refractivity contribution < 1.29 is 4.79 Å². The number of nitrogens with two attached hydrogens (primary N) is 1. The molecule has 0 radical (unpaired) electrons. The summed E-state index contributed by atoms with van der Waals surface area (Å²) in [6, 6.07) is 6.20. The van der Waals surface area contributed by atoms with Gasteiger partial charge in [-0.05, 0) is 50.3 Å². The van der Waals surface area contributed by atoms with E-state index >= 15 is 0 Å². The first-order valence-corrected chi connectivity index (χ1v) is 7.78. The molecule has 0 aromatic heterocycles. The van der Waals surface area contributed by atoms with Crippen molar-refractivity contribution in [1.82, 2.24) is 0 Å². The molecule has 110 valence electrons. The summed E-state index contributed by atoms with van der Waals surface area (Å²) in [4.78, 5) is 11.4. The minimum Gasteiger partial charge on any atom is -0.398 e. The van der Waals surface area contributed by atoms with Crippen molar-refractivity contribution in [2.45, 2.75) is 58.4 Å². The monoisotopic (exact) mass is 274 g/mol. The van der Waals surface area contributed by atoms with E-state index in [4.69, 9.17) is 5.73 Å². The maximum absolute atomic E-state index is 11.4. The van der Waals surface area contributed by atoms with E-state index in [1.807, 2.05) is 18.2 Å². The predicted octanol–water partition coefficient (Wildman–Crippen LogP) is 4.24. The molecule has 1 aromatic carbocycles. The van der Waals surface area contributed by atoms with Crippen LogP contribution in [0.15, 0.2) is 18.2 Å². The largest absolute Gasteiger partial charge is 0.398 e. The lowest BCUT2D eigenvalue weighted by Crippen LogP contribution is -2.30. The molecule has 3 N–H and O–H groups in total. The second-order valence-electron chi connectivity index (χ2n) is 5.92. The van der Waals surface area contributed by atoms with Gasteiger partial charge in [0, 0.05) is 23.0 Å². The summed E-state index contributed by atoms with van der Waals surface area (Å²) in [5.74, 6) is 0.788. The summed E-state index contributed by atoms with van der Waals surface area (Å²) in [6.07, 6.45) is 7.87. The van der Waals surface area contributed by atoms with Gasteiger partial charge in [0.15, 0.2) is 5.78 Å². The molecule has 0 spiro atoms. The van der Waals surface area contributed by atoms with E-state index in [1.165, 1.54) is 32.1 Å². The van der Waals surface area contributed by atoms with E-state index in [2.05, 4.69) is 12.2 Å². The van der Waals surface area contributed by atoms with E-state index in [1.54, 1.807) is 6.92 Å². The van der Waals surface area contributed by atoms with Crippen molar-refractivity contribution in [3.8, 4) is 0 Å². The molecule has 0 saturated heterocycles. The SMILES string of the molecule is CCC(Nc1ccc(C(C)=O)c(N)c1)C1CCCCC1. The highest BCUT2D eigenvalue weighted by atomic mass is 16.1. The molecule has 0 heterocycles. The molecule has 0 aliphatic heterocycles. The van der Waals surface area contributed by atoms with Crippen molar-refractivity contribution in [3.05, 3.63) is 23.8 Å². The zero-order valence-corrected chi connectivity index (χ0v) is 12.6. The smallest absolute Gasteiger partial charge is 0.161 e. The average molecular weight is 274 g/mol. The Morgan fingerprint density at radius 3 is 2.60 bits per heavy atom. The number of rotatable bonds is 5. The minimum atomic E-state index is 0.0216. The Kier molecular flexibility index (Phi) is 5.05. The zero-order chi connectivity index (χ0) is 14.5. The molecule has 3 nitrogen and oxygen atoms in total. The number of nitrogen functional groups attached to an aromatic ring is 1. The molecular weight excluding hydrogens is 248 g/mol. The number of hydrogen-bond acceptors (Lipinski definition) is 3. The molecule has 1 unspecified atom stereocenters. The summed E-state index contributed by atoms with van der Waals surface area (Å²) in [5.41, 5.74) is 8.17. The molecule has 1 saturated carbocycles. The first kappa shape index (κ1) is 14.9. The first-order valence-electron chi connectivity index (χ1n) is 7.78. The molecule has 1 atom stereocenters. The van der Waals surface area contributed by atoms with Crippen molar-refractivity contribution in [2.24, 2.45) is 5.92 Å². The Bertz CT molecular complexity index is 464. The van der Waals surface area contributed by atoms with Crippen LogP contribution in [0.2, 0.25) is 0 Å². The van der Waals surface area contributed by atoms with Gasteiger partial charge in [0.05, 0.1) is 0 Å². The Balaban J connectivity index is 2.07. The number of benzene rings is 1. The normalized spacial score (nSPS) is 17.7. The van der Waals surface area contributed by atoms with Crippen LogP contribution in [-0.2, 0) is 0 Å². The van der Waals surface area contributed by atoms with Crippen molar-refractivity contribution in [1.29, 1.82) is 0 Å². The predicted molar refractivity (Wildman–Crippen MR) is 85.1 cm³/mol. The number of ketones is 1. The summed E-state index contributed by atoms with van der Waals surface area (Å²) >= 11 is 0. The van der Waals surface area contributed by atoms with Gasteiger partial charge in [-0.15, -0.1) is 0 Å². The highest BCUT2D eigenvalue weighted by Crippen LogP contribution is 2.30. The summed E-state index contributed by atoms with van der Waals surface area (Å²) in [5, 5.41) is 3.61. The van der Waals surface area contributed by atoms with Gasteiger partial charge >= 0.3 is 0 Å². The zero-order valence-electron chi connectivity index (χ0n) is 12.6. The average Bonchev–Trinajstić information content (AvgIpc) is 2.45. The van der Waals surface area contributed by atoms with Gasteiger partial charge in [-0.25, -0.2) is 0 Å². The van der Waals surface area contributed by atoms with Gasteiger partial charge in [-0.2, -0.15) is 0 Å². The molecule has 1 aliphatic rings. The maximum Gasteiger partial charge on any atom is 0.161 e. The van der Waals surface area contributed by atoms with Gasteiger partial charge in [0.2, 0.25) is 0 Å². The van der Waals surface area contributed by atoms with Gasteiger partial charge in [0.25, 0.3) is 0 Å². The van der Waals surface area contributed by atoms with E-state index < -0.39 is 0 Å². The van der Waals surface area contributed by atoms with Gasteiger partial charge in [-0.1, -0.05) is 26.2 Å². The fraction of sp³-hybridized carbons (Fsp3) is 0.588. The van der Waals surface area contributed by atoms with Crippen LogP contribution in [0.3, 0.4) is 0 Å². The highest BCUT2D eigenvalue weighted by molar-refractivity contribution is 5.99. The molecule has 3 heteroatoms. The molecule has 1 fully saturated rings. The van der Waals surface area contributed by atoms with Gasteiger partial charge < -0.3 is 11.1 Å². The molecular formula is C17H26N2O. The lowest BCUT2D eigenvalue weighted by molar-refractivity contribution is 0.101. The van der Waals surface area contributed by atoms with E-state index in [-0.39, 0.29) is 5.78 Å². The van der Waals surface area contributed by atoms with Crippen LogP contribution in [0.25, 0.3) is 0 Å². The van der Waals surface area contributed by atoms with Crippen molar-refractivity contribution >= 4 is 17.2 Å². The number of Topliss-reactive ketones (excluding diaryl/α,β-unsaturated/α-hetero) is 1. The van der Waals surface area contributed by atoms with Crippen LogP contribution in [-0.4, -0.2) is 11.8 Å². The third kappa shape index (κ3) is 3.53. The number of hydrogen-bond donors (Lipinski definition) is 2. The Morgan fingerprint density at radius 1 is 1.35 bits per heavy atom. The van der Waals surface area contributed by atoms with Crippen LogP contribution < -0.4 is 11.1 Å². The topological polar surface area (TPSA) is 55.1 Å². The van der Waals surface area contributed by atoms with Crippen molar-refractivity contribution in [2.75, 3.05) is 11.1 Å². The maximum atomic E-state index is 11.4. The van der Waals surface area contributed by atoms with Crippen LogP contribution in [0.1, 0.15) is 62.7 Å². The highest BCUT2D eigenvalue weighted by Gasteiger charge is 2.22. The summed E-state index contributed by atoms with van der Waals surface area (Å²) < 4.78 is 0. The molecule has 1 aromatic rings. The molecule has 0 bridgehead atoms. The molecule has 1 aliphatic carbocycles. The van der Waals surface area contributed by atoms with Crippen LogP contribution in [0.5, 0.6) is 0 Å². The summed E-state index contributed by atoms with van der Waals surface area (Å²) in [6.45, 7) is 3.79. The summed E-state index contributed by atoms with van der Waals surface area (Å²) in [7, 11) is 0. The van der Waals surface area contributed by atoms with Crippen LogP contribution in [0.4, 0.5) is 11.4 Å². The Hall–Kier alpha value is -1.51. The third-order valence-electron chi connectivity index (χ3n) is 4.44. The Labute approximate surface area is 121 Å². The quantitative estimate of drug-likeness (QED) is 0.623. The van der Waals surface area contributed by atoms with Gasteiger partial charge in [0.1, 0.15) is 0 Å². The van der Waals surface area contributed by atoms with Crippen LogP contribution >= 0.6 is 0 Å². The van der Waals surface area contributed by atoms with Crippen molar-refractivity contribution in [3.63, 3.8) is 0 Å². The number of carbonyl (C=O) groups is 1. The van der Waals surface area contributed by atoms with Crippen LogP contribution in [0, 0.1) is 5.92 Å². The van der Waals surface area contributed by atoms with E-state index in [0.717, 1.165) is 18.0 Å². The molecule has 2 rings (SSSR count). The number of nitrogens with one attached hydrogen (secondary N) is 1. The lowest BCUT2D eigenvalue weighted by atomic mass is 9.83. The second kappa shape index (κ2) is 6.78. The molecule has 20 heavy (non-hydrogen) atoms. The van der Waals surface area contributed by atoms with E-state index in [0.29, 0.717) is 17.3 Å². The third-order valence-corrected chi connectivity index (χ3v) is 4.44. The molecule has 0 amide bonds. The first-order chi connectivity index (χ1) is 9.61. The Morgan fingerprint density at radius 2 is 2.05 bits per heavy atom. The lowest BCUT2D eigenvalue weighted by Gasteiger charge is -2.31. The minimum absolute atomic E-state index is 0.0216. The number of anilines is 2. The van der Waals surface area contributed by atoms with Gasteiger partial charge in [-0.3, -0.25) is 4.79 Å². The standard InChI is InChI=1S/C17H26N2O/c1-3-17(13-7-5-4-6-8-13)19-14-9-10-15(12(2)20)16(18)11-14/h9-11,13,17,19H,3-8,18H2,1-2H3. The number of carbonyl (C=O) groups excluding carboxylic acids is 1. The fourth-order valence-electron chi connectivity index (χ4n) is 3.28.